The van der Waals surface area contributed by atoms with Crippen LogP contribution in [0.15, 0.2) is 5.16 Å². The zero-order valence-corrected chi connectivity index (χ0v) is 9.05. The lowest BCUT2D eigenvalue weighted by molar-refractivity contribution is 0.734. The van der Waals surface area contributed by atoms with Crippen LogP contribution >= 0.6 is 11.8 Å². The Morgan fingerprint density at radius 1 is 1.57 bits per heavy atom. The minimum atomic E-state index is 0.425. The summed E-state index contributed by atoms with van der Waals surface area (Å²) in [6, 6.07) is 0. The summed E-state index contributed by atoms with van der Waals surface area (Å²) < 4.78 is 1.92. The highest BCUT2D eigenvalue weighted by Crippen LogP contribution is 2.16. The second kappa shape index (κ2) is 5.68. The van der Waals surface area contributed by atoms with Crippen molar-refractivity contribution in [2.45, 2.75) is 24.5 Å². The minimum absolute atomic E-state index is 0.425. The van der Waals surface area contributed by atoms with Gasteiger partial charge in [0, 0.05) is 19.2 Å². The standard InChI is InChI=1S/C9H14N4S/c1-3-4-5-6-14-9-12-11-8(7-10)13(9)2/h1H,4-7,10H2,2H3. The van der Waals surface area contributed by atoms with E-state index in [2.05, 4.69) is 16.1 Å². The number of rotatable bonds is 5. The average molecular weight is 210 g/mol. The first-order chi connectivity index (χ1) is 6.79. The van der Waals surface area contributed by atoms with Gasteiger partial charge in [0.15, 0.2) is 5.16 Å². The molecule has 1 aromatic rings. The summed E-state index contributed by atoms with van der Waals surface area (Å²) in [6.07, 6.45) is 6.97. The predicted molar refractivity (Wildman–Crippen MR) is 57.7 cm³/mol. The van der Waals surface area contributed by atoms with Crippen molar-refractivity contribution in [1.82, 2.24) is 14.8 Å². The van der Waals surface area contributed by atoms with E-state index in [1.165, 1.54) is 0 Å². The predicted octanol–water partition coefficient (Wildman–Crippen LogP) is 0.779. The van der Waals surface area contributed by atoms with E-state index in [0.717, 1.165) is 29.6 Å². The van der Waals surface area contributed by atoms with Crippen LogP contribution in [-0.4, -0.2) is 20.5 Å². The van der Waals surface area contributed by atoms with Crippen LogP contribution in [0.25, 0.3) is 0 Å². The first-order valence-corrected chi connectivity index (χ1v) is 5.42. The molecule has 4 nitrogen and oxygen atoms in total. The molecule has 2 N–H and O–H groups in total. The average Bonchev–Trinajstić information content (AvgIpc) is 2.55. The Morgan fingerprint density at radius 2 is 2.36 bits per heavy atom. The molecule has 0 saturated carbocycles. The van der Waals surface area contributed by atoms with E-state index in [4.69, 9.17) is 12.2 Å². The quantitative estimate of drug-likeness (QED) is 0.443. The van der Waals surface area contributed by atoms with Gasteiger partial charge < -0.3 is 10.3 Å². The molecular formula is C9H14N4S. The summed E-state index contributed by atoms with van der Waals surface area (Å²) >= 11 is 1.66. The van der Waals surface area contributed by atoms with Crippen LogP contribution in [0.5, 0.6) is 0 Å². The van der Waals surface area contributed by atoms with Gasteiger partial charge >= 0.3 is 0 Å². The Morgan fingerprint density at radius 3 is 2.93 bits per heavy atom. The minimum Gasteiger partial charge on any atom is -0.324 e. The van der Waals surface area contributed by atoms with E-state index in [0.29, 0.717) is 6.54 Å². The summed E-state index contributed by atoms with van der Waals surface area (Å²) in [5.74, 6) is 4.39. The van der Waals surface area contributed by atoms with E-state index < -0.39 is 0 Å². The third-order valence-corrected chi connectivity index (χ3v) is 2.91. The summed E-state index contributed by atoms with van der Waals surface area (Å²) in [7, 11) is 1.92. The smallest absolute Gasteiger partial charge is 0.190 e. The van der Waals surface area contributed by atoms with Crippen molar-refractivity contribution in [3.63, 3.8) is 0 Å². The van der Waals surface area contributed by atoms with Crippen LogP contribution in [0, 0.1) is 12.3 Å². The zero-order valence-electron chi connectivity index (χ0n) is 8.23. The topological polar surface area (TPSA) is 56.7 Å². The third-order valence-electron chi connectivity index (χ3n) is 1.80. The van der Waals surface area contributed by atoms with E-state index >= 15 is 0 Å². The molecule has 1 heterocycles. The van der Waals surface area contributed by atoms with E-state index in [1.807, 2.05) is 11.6 Å². The van der Waals surface area contributed by atoms with Gasteiger partial charge in [-0.2, -0.15) is 0 Å². The number of hydrogen-bond donors (Lipinski definition) is 1. The molecule has 1 rings (SSSR count). The summed E-state index contributed by atoms with van der Waals surface area (Å²) in [5, 5.41) is 8.89. The maximum Gasteiger partial charge on any atom is 0.190 e. The van der Waals surface area contributed by atoms with E-state index in [1.54, 1.807) is 11.8 Å². The largest absolute Gasteiger partial charge is 0.324 e. The molecule has 0 unspecified atom stereocenters. The van der Waals surface area contributed by atoms with Crippen molar-refractivity contribution >= 4 is 11.8 Å². The number of unbranched alkanes of at least 4 members (excludes halogenated alkanes) is 1. The zero-order chi connectivity index (χ0) is 10.4. The fourth-order valence-electron chi connectivity index (χ4n) is 0.986. The molecule has 0 spiro atoms. The highest BCUT2D eigenvalue weighted by Gasteiger charge is 2.06. The fourth-order valence-corrected chi connectivity index (χ4v) is 1.86. The normalized spacial score (nSPS) is 10.1. The van der Waals surface area contributed by atoms with Crippen LogP contribution in [-0.2, 0) is 13.6 Å². The Hall–Kier alpha value is -0.990. The van der Waals surface area contributed by atoms with Crippen LogP contribution in [0.4, 0.5) is 0 Å². The number of terminal acetylenes is 1. The van der Waals surface area contributed by atoms with Crippen molar-refractivity contribution in [3.05, 3.63) is 5.82 Å². The fraction of sp³-hybridized carbons (Fsp3) is 0.556. The molecule has 14 heavy (non-hydrogen) atoms. The molecule has 0 fully saturated rings. The molecule has 76 valence electrons. The molecule has 0 radical (unpaired) electrons. The maximum atomic E-state index is 5.48. The molecule has 0 aliphatic heterocycles. The molecule has 0 aliphatic carbocycles. The first kappa shape index (κ1) is 11.1. The van der Waals surface area contributed by atoms with E-state index in [-0.39, 0.29) is 0 Å². The Kier molecular flexibility index (Phi) is 4.50. The molecule has 5 heteroatoms. The molecule has 0 aliphatic rings. The van der Waals surface area contributed by atoms with Crippen molar-refractivity contribution in [1.29, 1.82) is 0 Å². The maximum absolute atomic E-state index is 5.48. The monoisotopic (exact) mass is 210 g/mol. The highest BCUT2D eigenvalue weighted by molar-refractivity contribution is 7.99. The molecule has 0 saturated heterocycles. The van der Waals surface area contributed by atoms with Gasteiger partial charge in [-0.3, -0.25) is 0 Å². The van der Waals surface area contributed by atoms with Gasteiger partial charge in [-0.15, -0.1) is 22.5 Å². The van der Waals surface area contributed by atoms with Crippen LogP contribution < -0.4 is 5.73 Å². The Balaban J connectivity index is 2.43. The number of nitrogens with zero attached hydrogens (tertiary/aromatic N) is 3. The van der Waals surface area contributed by atoms with Gasteiger partial charge in [0.25, 0.3) is 0 Å². The number of aromatic nitrogens is 3. The Bertz CT molecular complexity index is 326. The summed E-state index contributed by atoms with van der Waals surface area (Å²) in [4.78, 5) is 0. The van der Waals surface area contributed by atoms with Gasteiger partial charge in [0.1, 0.15) is 5.82 Å². The van der Waals surface area contributed by atoms with Crippen molar-refractivity contribution in [2.24, 2.45) is 12.8 Å². The lowest BCUT2D eigenvalue weighted by atomic mass is 10.4. The van der Waals surface area contributed by atoms with Crippen LogP contribution in [0.2, 0.25) is 0 Å². The van der Waals surface area contributed by atoms with Gasteiger partial charge in [-0.25, -0.2) is 0 Å². The second-order valence-electron chi connectivity index (χ2n) is 2.82. The van der Waals surface area contributed by atoms with Gasteiger partial charge in [0.2, 0.25) is 0 Å². The number of thioether (sulfide) groups is 1. The Labute approximate surface area is 88.3 Å². The lowest BCUT2D eigenvalue weighted by Gasteiger charge is -2.00. The molecular weight excluding hydrogens is 196 g/mol. The third kappa shape index (κ3) is 2.76. The van der Waals surface area contributed by atoms with Crippen LogP contribution in [0.1, 0.15) is 18.7 Å². The SMILES string of the molecule is C#CCCCSc1nnc(CN)n1C. The summed E-state index contributed by atoms with van der Waals surface area (Å²) in [5.41, 5.74) is 5.48. The van der Waals surface area contributed by atoms with Gasteiger partial charge in [-0.1, -0.05) is 11.8 Å². The van der Waals surface area contributed by atoms with Gasteiger partial charge in [-0.05, 0) is 6.42 Å². The first-order valence-electron chi connectivity index (χ1n) is 4.44. The van der Waals surface area contributed by atoms with Crippen LogP contribution in [0.3, 0.4) is 0 Å². The summed E-state index contributed by atoms with van der Waals surface area (Å²) in [6.45, 7) is 0.425. The number of nitrogens with two attached hydrogens (primary N) is 1. The van der Waals surface area contributed by atoms with Crippen molar-refractivity contribution in [3.8, 4) is 12.3 Å². The molecule has 0 amide bonds. The molecule has 0 aromatic carbocycles. The highest BCUT2D eigenvalue weighted by atomic mass is 32.2. The van der Waals surface area contributed by atoms with Gasteiger partial charge in [0.05, 0.1) is 6.54 Å². The van der Waals surface area contributed by atoms with Crippen molar-refractivity contribution in [2.75, 3.05) is 5.75 Å². The number of hydrogen-bond acceptors (Lipinski definition) is 4. The van der Waals surface area contributed by atoms with Crippen molar-refractivity contribution < 1.29 is 0 Å². The van der Waals surface area contributed by atoms with E-state index in [9.17, 15) is 0 Å². The molecule has 0 bridgehead atoms. The molecule has 1 aromatic heterocycles. The second-order valence-corrected chi connectivity index (χ2v) is 3.88. The lowest BCUT2D eigenvalue weighted by Crippen LogP contribution is -2.05. The molecule has 0 atom stereocenters.